The first-order chi connectivity index (χ1) is 9.69. The van der Waals surface area contributed by atoms with Crippen LogP contribution in [0.1, 0.15) is 26.6 Å². The molecule has 0 fully saturated rings. The molecule has 0 saturated heterocycles. The first kappa shape index (κ1) is 17.6. The molecule has 0 bridgehead atoms. The third-order valence-corrected chi connectivity index (χ3v) is 3.87. The van der Waals surface area contributed by atoms with Crippen molar-refractivity contribution < 1.29 is 4.79 Å². The van der Waals surface area contributed by atoms with Gasteiger partial charge in [-0.2, -0.15) is 0 Å². The molecule has 6 heteroatoms. The van der Waals surface area contributed by atoms with Crippen molar-refractivity contribution in [3.8, 4) is 0 Å². The summed E-state index contributed by atoms with van der Waals surface area (Å²) in [5, 5.41) is 5.59. The van der Waals surface area contributed by atoms with E-state index < -0.39 is 0 Å². The molecule has 0 aliphatic heterocycles. The lowest BCUT2D eigenvalue weighted by atomic mass is 10.1. The maximum Gasteiger partial charge on any atom is 0.270 e. The first-order valence-corrected chi connectivity index (χ1v) is 7.55. The van der Waals surface area contributed by atoms with Crippen LogP contribution >= 0.6 is 23.7 Å². The molecule has 0 saturated carbocycles. The molecule has 3 N–H and O–H groups in total. The highest BCUT2D eigenvalue weighted by Crippen LogP contribution is 2.10. The van der Waals surface area contributed by atoms with Crippen LogP contribution in [-0.4, -0.2) is 24.0 Å². The van der Waals surface area contributed by atoms with E-state index in [0.717, 1.165) is 17.8 Å². The number of hydrogen-bond donors (Lipinski definition) is 2. The number of hydrogen-bond acceptors (Lipinski definition) is 4. The van der Waals surface area contributed by atoms with E-state index in [1.807, 2.05) is 0 Å². The fraction of sp³-hybridized carbons (Fsp3) is 0.333. The summed E-state index contributed by atoms with van der Waals surface area (Å²) in [6.45, 7) is 3.24. The molecule has 0 aliphatic carbocycles. The lowest BCUT2D eigenvalue weighted by Crippen LogP contribution is -2.26. The Kier molecular flexibility index (Phi) is 7.36. The van der Waals surface area contributed by atoms with Crippen LogP contribution in [0.5, 0.6) is 0 Å². The summed E-state index contributed by atoms with van der Waals surface area (Å²) in [5.74, 6) is -0.114. The molecule has 1 amide bonds. The van der Waals surface area contributed by atoms with E-state index in [0.29, 0.717) is 18.8 Å². The molecular weight excluding hydrogens is 306 g/mol. The molecule has 21 heavy (non-hydrogen) atoms. The third kappa shape index (κ3) is 5.46. The SMILES string of the molecule is Cc1ccc(CCNC(=O)c2csc(CCN)n2)cc1.Cl. The molecule has 1 aromatic carbocycles. The number of rotatable bonds is 6. The minimum absolute atomic E-state index is 0. The molecule has 2 aromatic rings. The van der Waals surface area contributed by atoms with Gasteiger partial charge in [-0.3, -0.25) is 4.79 Å². The number of nitrogens with one attached hydrogen (secondary N) is 1. The van der Waals surface area contributed by atoms with E-state index in [-0.39, 0.29) is 18.3 Å². The number of carbonyl (C=O) groups excluding carboxylic acids is 1. The highest BCUT2D eigenvalue weighted by Gasteiger charge is 2.09. The minimum atomic E-state index is -0.114. The second-order valence-electron chi connectivity index (χ2n) is 4.66. The summed E-state index contributed by atoms with van der Waals surface area (Å²) < 4.78 is 0. The maximum absolute atomic E-state index is 11.9. The Balaban J connectivity index is 0.00000220. The summed E-state index contributed by atoms with van der Waals surface area (Å²) in [4.78, 5) is 16.2. The van der Waals surface area contributed by atoms with Crippen molar-refractivity contribution in [1.82, 2.24) is 10.3 Å². The fourth-order valence-electron chi connectivity index (χ4n) is 1.82. The van der Waals surface area contributed by atoms with E-state index in [1.165, 1.54) is 22.5 Å². The van der Waals surface area contributed by atoms with Gasteiger partial charge in [-0.25, -0.2) is 4.98 Å². The Morgan fingerprint density at radius 1 is 1.29 bits per heavy atom. The summed E-state index contributed by atoms with van der Waals surface area (Å²) >= 11 is 1.48. The predicted octanol–water partition coefficient (Wildman–Crippen LogP) is 2.35. The lowest BCUT2D eigenvalue weighted by Gasteiger charge is -2.04. The number of amides is 1. The van der Waals surface area contributed by atoms with Crippen molar-refractivity contribution in [2.24, 2.45) is 5.73 Å². The zero-order chi connectivity index (χ0) is 14.4. The zero-order valence-corrected chi connectivity index (χ0v) is 13.6. The number of nitrogens with two attached hydrogens (primary N) is 1. The van der Waals surface area contributed by atoms with E-state index in [1.54, 1.807) is 5.38 Å². The predicted molar refractivity (Wildman–Crippen MR) is 89.3 cm³/mol. The van der Waals surface area contributed by atoms with Gasteiger partial charge in [0.1, 0.15) is 5.69 Å². The lowest BCUT2D eigenvalue weighted by molar-refractivity contribution is 0.0949. The van der Waals surface area contributed by atoms with Gasteiger partial charge in [0.25, 0.3) is 5.91 Å². The van der Waals surface area contributed by atoms with Gasteiger partial charge in [-0.05, 0) is 25.5 Å². The number of halogens is 1. The van der Waals surface area contributed by atoms with Crippen molar-refractivity contribution in [2.45, 2.75) is 19.8 Å². The second kappa shape index (κ2) is 8.77. The van der Waals surface area contributed by atoms with Crippen LogP contribution in [0, 0.1) is 6.92 Å². The molecule has 0 unspecified atom stereocenters. The molecule has 0 aliphatic rings. The van der Waals surface area contributed by atoms with Gasteiger partial charge in [-0.15, -0.1) is 23.7 Å². The van der Waals surface area contributed by atoms with E-state index in [9.17, 15) is 4.79 Å². The summed E-state index contributed by atoms with van der Waals surface area (Å²) in [5.41, 5.74) is 8.42. The van der Waals surface area contributed by atoms with Crippen LogP contribution in [0.3, 0.4) is 0 Å². The molecule has 1 heterocycles. The molecule has 0 radical (unpaired) electrons. The first-order valence-electron chi connectivity index (χ1n) is 6.67. The van der Waals surface area contributed by atoms with Crippen LogP contribution in [0.4, 0.5) is 0 Å². The van der Waals surface area contributed by atoms with Crippen molar-refractivity contribution in [1.29, 1.82) is 0 Å². The third-order valence-electron chi connectivity index (χ3n) is 2.96. The summed E-state index contributed by atoms with van der Waals surface area (Å²) in [7, 11) is 0. The van der Waals surface area contributed by atoms with E-state index in [4.69, 9.17) is 5.73 Å². The van der Waals surface area contributed by atoms with Crippen molar-refractivity contribution in [3.63, 3.8) is 0 Å². The molecule has 0 spiro atoms. The van der Waals surface area contributed by atoms with Gasteiger partial charge in [0, 0.05) is 18.3 Å². The smallest absolute Gasteiger partial charge is 0.270 e. The molecule has 1 aromatic heterocycles. The van der Waals surface area contributed by atoms with Crippen LogP contribution in [0.15, 0.2) is 29.6 Å². The van der Waals surface area contributed by atoms with Gasteiger partial charge in [0.2, 0.25) is 0 Å². The zero-order valence-electron chi connectivity index (χ0n) is 12.0. The maximum atomic E-state index is 11.9. The number of aryl methyl sites for hydroxylation is 1. The highest BCUT2D eigenvalue weighted by molar-refractivity contribution is 7.09. The number of nitrogens with zero attached hydrogens (tertiary/aromatic N) is 1. The molecule has 2 rings (SSSR count). The second-order valence-corrected chi connectivity index (χ2v) is 5.60. The van der Waals surface area contributed by atoms with E-state index >= 15 is 0 Å². The highest BCUT2D eigenvalue weighted by atomic mass is 35.5. The fourth-order valence-corrected chi connectivity index (χ4v) is 2.61. The van der Waals surface area contributed by atoms with Gasteiger partial charge in [0.05, 0.1) is 5.01 Å². The van der Waals surface area contributed by atoms with Crippen LogP contribution in [0.25, 0.3) is 0 Å². The largest absolute Gasteiger partial charge is 0.350 e. The standard InChI is InChI=1S/C15H19N3OS.ClH/c1-11-2-4-12(5-3-11)7-9-17-15(19)13-10-20-14(18-13)6-8-16;/h2-5,10H,6-9,16H2,1H3,(H,17,19);1H. The number of benzene rings is 1. The normalized spacial score (nSPS) is 10.0. The Morgan fingerprint density at radius 2 is 2.00 bits per heavy atom. The van der Waals surface area contributed by atoms with Crippen LogP contribution < -0.4 is 11.1 Å². The number of aromatic nitrogens is 1. The average Bonchev–Trinajstić information content (AvgIpc) is 2.90. The average molecular weight is 326 g/mol. The van der Waals surface area contributed by atoms with Crippen LogP contribution in [-0.2, 0) is 12.8 Å². The van der Waals surface area contributed by atoms with Crippen molar-refractivity contribution in [2.75, 3.05) is 13.1 Å². The van der Waals surface area contributed by atoms with Gasteiger partial charge < -0.3 is 11.1 Å². The molecule has 114 valence electrons. The van der Waals surface area contributed by atoms with E-state index in [2.05, 4.69) is 41.5 Å². The van der Waals surface area contributed by atoms with Crippen LogP contribution in [0.2, 0.25) is 0 Å². The Morgan fingerprint density at radius 3 is 2.67 bits per heavy atom. The Labute approximate surface area is 135 Å². The summed E-state index contributed by atoms with van der Waals surface area (Å²) in [6.07, 6.45) is 1.55. The molecule has 4 nitrogen and oxygen atoms in total. The van der Waals surface area contributed by atoms with Crippen molar-refractivity contribution >= 4 is 29.7 Å². The topological polar surface area (TPSA) is 68.0 Å². The Bertz CT molecular complexity index is 569. The quantitative estimate of drug-likeness (QED) is 0.856. The Hall–Kier alpha value is -1.43. The number of thiazole rings is 1. The molecule has 0 atom stereocenters. The monoisotopic (exact) mass is 325 g/mol. The van der Waals surface area contributed by atoms with Crippen molar-refractivity contribution in [3.05, 3.63) is 51.5 Å². The summed E-state index contributed by atoms with van der Waals surface area (Å²) in [6, 6.07) is 8.33. The molecular formula is C15H20ClN3OS. The number of carbonyl (C=O) groups is 1. The van der Waals surface area contributed by atoms with Gasteiger partial charge in [-0.1, -0.05) is 29.8 Å². The minimum Gasteiger partial charge on any atom is -0.350 e. The van der Waals surface area contributed by atoms with Gasteiger partial charge in [0.15, 0.2) is 0 Å². The van der Waals surface area contributed by atoms with Gasteiger partial charge >= 0.3 is 0 Å².